The van der Waals surface area contributed by atoms with Crippen LogP contribution in [0.4, 0.5) is 11.4 Å². The van der Waals surface area contributed by atoms with Crippen LogP contribution in [0.5, 0.6) is 0 Å². The van der Waals surface area contributed by atoms with Crippen LogP contribution in [0, 0.1) is 0 Å². The highest BCUT2D eigenvalue weighted by atomic mass is 32.2. The summed E-state index contributed by atoms with van der Waals surface area (Å²) in [6.07, 6.45) is 1.53. The van der Waals surface area contributed by atoms with Gasteiger partial charge in [-0.1, -0.05) is 24.3 Å². The van der Waals surface area contributed by atoms with Crippen molar-refractivity contribution in [2.75, 3.05) is 10.0 Å². The van der Waals surface area contributed by atoms with E-state index < -0.39 is 10.0 Å². The molecule has 0 saturated heterocycles. The van der Waals surface area contributed by atoms with Crippen molar-refractivity contribution in [3.05, 3.63) is 54.6 Å². The first-order valence-electron chi connectivity index (χ1n) is 5.43. The number of benzene rings is 2. The lowest BCUT2D eigenvalue weighted by Gasteiger charge is -2.08. The van der Waals surface area contributed by atoms with E-state index in [0.717, 1.165) is 0 Å². The molecule has 2 aromatic rings. The molecule has 0 unspecified atom stereocenters. The van der Waals surface area contributed by atoms with E-state index in [1.807, 2.05) is 0 Å². The van der Waals surface area contributed by atoms with Crippen LogP contribution < -0.4 is 10.0 Å². The number of carbonyl (C=O) groups excluding carboxylic acids is 1. The van der Waals surface area contributed by atoms with Gasteiger partial charge < -0.3 is 5.32 Å². The lowest BCUT2D eigenvalue weighted by molar-refractivity contribution is 0.561. The fraction of sp³-hybridized carbons (Fsp3) is 0. The number of sulfonamides is 1. The van der Waals surface area contributed by atoms with E-state index in [4.69, 9.17) is 0 Å². The summed E-state index contributed by atoms with van der Waals surface area (Å²) in [5.41, 5.74) is 0.826. The third-order valence-corrected chi connectivity index (χ3v) is 3.76. The maximum absolute atomic E-state index is 12.1. The molecule has 0 aromatic heterocycles. The maximum Gasteiger partial charge on any atom is 0.314 e. The average molecular weight is 275 g/mol. The summed E-state index contributed by atoms with van der Waals surface area (Å²) in [6.45, 7) is 0. The minimum atomic E-state index is -3.62. The smallest absolute Gasteiger partial charge is 0.314 e. The molecule has 0 saturated carbocycles. The Balaban J connectivity index is 2.26. The van der Waals surface area contributed by atoms with Crippen molar-refractivity contribution in [3.63, 3.8) is 0 Å². The van der Waals surface area contributed by atoms with E-state index >= 15 is 0 Å². The Bertz CT molecular complexity index is 669. The van der Waals surface area contributed by atoms with Gasteiger partial charge >= 0.3 is 6.41 Å². The van der Waals surface area contributed by atoms with Gasteiger partial charge in [0.1, 0.15) is 0 Å². The van der Waals surface area contributed by atoms with Gasteiger partial charge in [0.2, 0.25) is 0 Å². The Morgan fingerprint density at radius 3 is 2.26 bits per heavy atom. The zero-order valence-electron chi connectivity index (χ0n) is 9.83. The quantitative estimate of drug-likeness (QED) is 0.819. The highest BCUT2D eigenvalue weighted by Crippen LogP contribution is 2.18. The van der Waals surface area contributed by atoms with E-state index in [2.05, 4.69) is 10.0 Å². The molecule has 0 spiro atoms. The summed E-state index contributed by atoms with van der Waals surface area (Å²) >= 11 is 0. The van der Waals surface area contributed by atoms with Gasteiger partial charge in [-0.25, -0.2) is 8.42 Å². The summed E-state index contributed by atoms with van der Waals surface area (Å²) < 4.78 is 26.6. The van der Waals surface area contributed by atoms with E-state index in [-0.39, 0.29) is 4.90 Å². The Hall–Kier alpha value is -2.34. The number of amides is 1. The summed E-state index contributed by atoms with van der Waals surface area (Å²) in [5, 5.41) is 2.33. The second-order valence-electron chi connectivity index (χ2n) is 3.73. The molecule has 19 heavy (non-hydrogen) atoms. The van der Waals surface area contributed by atoms with E-state index in [0.29, 0.717) is 11.4 Å². The molecule has 0 atom stereocenters. The van der Waals surface area contributed by atoms with Gasteiger partial charge in [-0.3, -0.25) is 9.52 Å². The van der Waals surface area contributed by atoms with E-state index in [1.54, 1.807) is 36.4 Å². The maximum atomic E-state index is 12.1. The summed E-state index contributed by atoms with van der Waals surface area (Å²) in [5.74, 6) is 0. The van der Waals surface area contributed by atoms with Gasteiger partial charge in [0.05, 0.1) is 10.6 Å². The minimum absolute atomic E-state index is 0.176. The molecular formula is C13H11N2O3S. The molecule has 5 nitrogen and oxygen atoms in total. The standard InChI is InChI=1S/C13H11N2O3S/c16-10-14-11-5-4-6-12(9-11)15-19(17,18)13-7-2-1-3-8-13/h1-9,15H,(H,14,16). The summed E-state index contributed by atoms with van der Waals surface area (Å²) in [7, 11) is -3.62. The molecule has 1 amide bonds. The highest BCUT2D eigenvalue weighted by Gasteiger charge is 2.13. The van der Waals surface area contributed by atoms with Gasteiger partial charge in [-0.2, -0.15) is 0 Å². The molecule has 2 aromatic carbocycles. The zero-order valence-corrected chi connectivity index (χ0v) is 10.6. The van der Waals surface area contributed by atoms with Gasteiger partial charge in [-0.15, -0.1) is 0 Å². The third kappa shape index (κ3) is 3.32. The van der Waals surface area contributed by atoms with Crippen LogP contribution in [-0.4, -0.2) is 14.8 Å². The van der Waals surface area contributed by atoms with Crippen molar-refractivity contribution in [2.45, 2.75) is 4.90 Å². The molecule has 97 valence electrons. The molecule has 0 heterocycles. The van der Waals surface area contributed by atoms with Crippen molar-refractivity contribution in [1.29, 1.82) is 0 Å². The first kappa shape index (κ1) is 13.1. The third-order valence-electron chi connectivity index (χ3n) is 2.36. The molecule has 6 heteroatoms. The monoisotopic (exact) mass is 275 g/mol. The van der Waals surface area contributed by atoms with Crippen LogP contribution in [0.25, 0.3) is 0 Å². The van der Waals surface area contributed by atoms with E-state index in [9.17, 15) is 13.2 Å². The Morgan fingerprint density at radius 2 is 1.58 bits per heavy atom. The predicted octanol–water partition coefficient (Wildman–Crippen LogP) is 1.97. The summed E-state index contributed by atoms with van der Waals surface area (Å²) in [6, 6.07) is 14.4. The molecule has 0 aliphatic carbocycles. The van der Waals surface area contributed by atoms with Crippen LogP contribution in [0.2, 0.25) is 0 Å². The minimum Gasteiger partial charge on any atom is -0.318 e. The van der Waals surface area contributed by atoms with Crippen LogP contribution in [-0.2, 0) is 14.8 Å². The topological polar surface area (TPSA) is 75.3 Å². The fourth-order valence-electron chi connectivity index (χ4n) is 1.53. The zero-order chi connectivity index (χ0) is 13.7. The molecule has 0 aliphatic heterocycles. The van der Waals surface area contributed by atoms with Crippen molar-refractivity contribution in [2.24, 2.45) is 0 Å². The number of rotatable bonds is 5. The van der Waals surface area contributed by atoms with Crippen molar-refractivity contribution >= 4 is 27.8 Å². The Labute approximate surface area is 111 Å². The first-order chi connectivity index (χ1) is 9.12. The molecule has 2 rings (SSSR count). The fourth-order valence-corrected chi connectivity index (χ4v) is 2.60. The summed E-state index contributed by atoms with van der Waals surface area (Å²) in [4.78, 5) is 10.4. The molecule has 0 aliphatic rings. The number of hydrogen-bond donors (Lipinski definition) is 2. The average Bonchev–Trinajstić information content (AvgIpc) is 2.40. The molecule has 0 fully saturated rings. The van der Waals surface area contributed by atoms with Gasteiger partial charge in [0.15, 0.2) is 0 Å². The number of hydrogen-bond acceptors (Lipinski definition) is 3. The molecule has 2 N–H and O–H groups in total. The molecule has 1 radical (unpaired) electrons. The van der Waals surface area contributed by atoms with Crippen molar-refractivity contribution < 1.29 is 13.2 Å². The first-order valence-corrected chi connectivity index (χ1v) is 6.91. The predicted molar refractivity (Wildman–Crippen MR) is 73.0 cm³/mol. The second kappa shape index (κ2) is 5.53. The van der Waals surface area contributed by atoms with Gasteiger partial charge in [0.25, 0.3) is 10.0 Å². The van der Waals surface area contributed by atoms with Gasteiger partial charge in [-0.05, 0) is 30.3 Å². The Morgan fingerprint density at radius 1 is 0.895 bits per heavy atom. The van der Waals surface area contributed by atoms with Crippen LogP contribution in [0.3, 0.4) is 0 Å². The largest absolute Gasteiger partial charge is 0.318 e. The van der Waals surface area contributed by atoms with Crippen LogP contribution in [0.15, 0.2) is 59.5 Å². The molecule has 0 bridgehead atoms. The highest BCUT2D eigenvalue weighted by molar-refractivity contribution is 7.92. The van der Waals surface area contributed by atoms with Crippen molar-refractivity contribution in [1.82, 2.24) is 0 Å². The molecular weight excluding hydrogens is 264 g/mol. The SMILES string of the molecule is O=[C]Nc1cccc(NS(=O)(=O)c2ccccc2)c1. The lowest BCUT2D eigenvalue weighted by atomic mass is 10.3. The normalized spacial score (nSPS) is 10.7. The van der Waals surface area contributed by atoms with E-state index in [1.165, 1.54) is 24.6 Å². The Kier molecular flexibility index (Phi) is 3.82. The van der Waals surface area contributed by atoms with Crippen LogP contribution in [0.1, 0.15) is 0 Å². The number of nitrogens with one attached hydrogen (secondary N) is 2. The van der Waals surface area contributed by atoms with Crippen LogP contribution >= 0.6 is 0 Å². The number of anilines is 2. The second-order valence-corrected chi connectivity index (χ2v) is 5.41. The van der Waals surface area contributed by atoms with Gasteiger partial charge in [0, 0.05) is 5.69 Å². The van der Waals surface area contributed by atoms with Crippen molar-refractivity contribution in [3.8, 4) is 0 Å². The lowest BCUT2D eigenvalue weighted by Crippen LogP contribution is -2.12.